The summed E-state index contributed by atoms with van der Waals surface area (Å²) in [6.07, 6.45) is 1.08. The zero-order chi connectivity index (χ0) is 21.5. The fourth-order valence-corrected chi connectivity index (χ4v) is 6.02. The first-order valence-corrected chi connectivity index (χ1v) is 11.1. The van der Waals surface area contributed by atoms with Gasteiger partial charge in [0.15, 0.2) is 6.61 Å². The van der Waals surface area contributed by atoms with Crippen molar-refractivity contribution in [1.82, 2.24) is 4.90 Å². The van der Waals surface area contributed by atoms with Gasteiger partial charge in [0.2, 0.25) is 11.7 Å². The zero-order valence-corrected chi connectivity index (χ0v) is 18.3. The molecule has 0 N–H and O–H groups in total. The van der Waals surface area contributed by atoms with Gasteiger partial charge in [0.1, 0.15) is 10.9 Å². The van der Waals surface area contributed by atoms with Gasteiger partial charge in [0, 0.05) is 17.7 Å². The molecule has 0 aliphatic carbocycles. The average molecular weight is 424 g/mol. The molecule has 0 aromatic heterocycles. The van der Waals surface area contributed by atoms with Crippen molar-refractivity contribution < 1.29 is 19.1 Å². The number of hydrogen-bond acceptors (Lipinski definition) is 5. The fraction of sp³-hybridized carbons (Fsp3) is 0.375. The van der Waals surface area contributed by atoms with Crippen LogP contribution in [0.4, 0.5) is 0 Å². The molecule has 0 radical (unpaired) electrons. The Morgan fingerprint density at radius 3 is 2.53 bits per heavy atom. The van der Waals surface area contributed by atoms with E-state index in [0.717, 1.165) is 22.3 Å². The molecule has 2 aromatic rings. The van der Waals surface area contributed by atoms with Crippen LogP contribution in [0.2, 0.25) is 0 Å². The summed E-state index contributed by atoms with van der Waals surface area (Å²) in [4.78, 5) is 39.4. The van der Waals surface area contributed by atoms with E-state index in [-0.39, 0.29) is 18.3 Å². The lowest BCUT2D eigenvalue weighted by Gasteiger charge is -2.33. The summed E-state index contributed by atoms with van der Waals surface area (Å²) < 4.78 is 5.41. The van der Waals surface area contributed by atoms with E-state index in [9.17, 15) is 14.4 Å². The number of rotatable bonds is 5. The smallest absolute Gasteiger partial charge is 0.330 e. The number of amides is 1. The molecule has 2 heterocycles. The normalized spacial score (nSPS) is 22.8. The first-order valence-electron chi connectivity index (χ1n) is 10.1. The fourth-order valence-electron chi connectivity index (χ4n) is 4.39. The van der Waals surface area contributed by atoms with Crippen molar-refractivity contribution in [3.05, 3.63) is 70.3 Å². The van der Waals surface area contributed by atoms with Crippen molar-refractivity contribution >= 4 is 29.4 Å². The van der Waals surface area contributed by atoms with E-state index in [2.05, 4.69) is 0 Å². The summed E-state index contributed by atoms with van der Waals surface area (Å²) >= 11 is 1.61. The van der Waals surface area contributed by atoms with Crippen LogP contribution >= 0.6 is 11.8 Å². The molecule has 2 aliphatic heterocycles. The molecule has 2 saturated heterocycles. The summed E-state index contributed by atoms with van der Waals surface area (Å²) in [5, 5.41) is 0. The summed E-state index contributed by atoms with van der Waals surface area (Å²) in [6, 6.07) is 13.0. The maximum atomic E-state index is 12.9. The van der Waals surface area contributed by atoms with Gasteiger partial charge >= 0.3 is 5.97 Å². The van der Waals surface area contributed by atoms with E-state index >= 15 is 0 Å². The Balaban J connectivity index is 1.49. The number of ether oxygens (including phenoxy) is 1. The molecular weight excluding hydrogens is 398 g/mol. The van der Waals surface area contributed by atoms with Crippen molar-refractivity contribution in [2.24, 2.45) is 0 Å². The Kier molecular flexibility index (Phi) is 5.45. The topological polar surface area (TPSA) is 63.7 Å². The lowest BCUT2D eigenvalue weighted by atomic mass is 9.98. The van der Waals surface area contributed by atoms with E-state index < -0.39 is 16.9 Å². The van der Waals surface area contributed by atoms with Crippen molar-refractivity contribution in [2.75, 3.05) is 12.4 Å². The van der Waals surface area contributed by atoms with Gasteiger partial charge in [-0.25, -0.2) is 4.79 Å². The molecule has 2 aromatic carbocycles. The van der Waals surface area contributed by atoms with Crippen LogP contribution < -0.4 is 0 Å². The minimum atomic E-state index is -0.668. The van der Waals surface area contributed by atoms with Crippen molar-refractivity contribution in [1.29, 1.82) is 0 Å². The van der Waals surface area contributed by atoms with Crippen LogP contribution in [0.25, 0.3) is 0 Å². The number of carbonyl (C=O) groups is 3. The average Bonchev–Trinajstić information content (AvgIpc) is 3.28. The molecule has 6 heteroatoms. The number of benzene rings is 2. The van der Waals surface area contributed by atoms with E-state index in [1.54, 1.807) is 16.7 Å². The highest BCUT2D eigenvalue weighted by Crippen LogP contribution is 2.54. The maximum Gasteiger partial charge on any atom is 0.330 e. The number of Topliss-reactive ketones (excluding diaryl/α,β-unsaturated/α-hetero) is 1. The van der Waals surface area contributed by atoms with Gasteiger partial charge in [0.05, 0.1) is 0 Å². The monoisotopic (exact) mass is 423 g/mol. The highest BCUT2D eigenvalue weighted by Gasteiger charge is 2.57. The van der Waals surface area contributed by atoms with Crippen LogP contribution in [0.3, 0.4) is 0 Å². The molecule has 156 valence electrons. The number of hydrogen-bond donors (Lipinski definition) is 0. The second-order valence-electron chi connectivity index (χ2n) is 8.02. The molecule has 0 unspecified atom stereocenters. The van der Waals surface area contributed by atoms with Gasteiger partial charge in [-0.2, -0.15) is 0 Å². The second kappa shape index (κ2) is 7.91. The van der Waals surface area contributed by atoms with Crippen molar-refractivity contribution in [3.63, 3.8) is 0 Å². The SMILES string of the molecule is Cc1cc(C)c(C(=O)COC(=O)[C@@H]2CS[C@@]3(c4ccccc4)CCC(=O)N23)cc1C. The molecule has 2 atom stereocenters. The maximum absolute atomic E-state index is 12.9. The van der Waals surface area contributed by atoms with Crippen molar-refractivity contribution in [3.8, 4) is 0 Å². The number of ketones is 1. The first kappa shape index (κ1) is 20.7. The molecule has 0 spiro atoms. The minimum Gasteiger partial charge on any atom is -0.456 e. The highest BCUT2D eigenvalue weighted by molar-refractivity contribution is 8.00. The van der Waals surface area contributed by atoms with Crippen molar-refractivity contribution in [2.45, 2.75) is 44.5 Å². The van der Waals surface area contributed by atoms with Gasteiger partial charge < -0.3 is 9.64 Å². The second-order valence-corrected chi connectivity index (χ2v) is 9.32. The number of aryl methyl sites for hydroxylation is 3. The summed E-state index contributed by atoms with van der Waals surface area (Å²) in [5.74, 6) is -0.305. The van der Waals surface area contributed by atoms with E-state index in [1.807, 2.05) is 63.2 Å². The minimum absolute atomic E-state index is 0.0397. The standard InChI is InChI=1S/C24H25NO4S/c1-15-11-17(3)19(12-16(15)2)21(26)13-29-23(28)20-14-30-24(10-9-22(27)25(20)24)18-7-5-4-6-8-18/h4-8,11-12,20H,9-10,13-14H2,1-3H3/t20-,24+/m0/s1. The van der Waals surface area contributed by atoms with Crippen LogP contribution in [-0.4, -0.2) is 41.0 Å². The predicted octanol–water partition coefficient (Wildman–Crippen LogP) is 3.93. The van der Waals surface area contributed by atoms with Gasteiger partial charge in [-0.05, 0) is 55.5 Å². The van der Waals surface area contributed by atoms with Gasteiger partial charge in [0.25, 0.3) is 0 Å². The molecule has 4 rings (SSSR count). The molecule has 30 heavy (non-hydrogen) atoms. The van der Waals surface area contributed by atoms with Crippen LogP contribution in [0.15, 0.2) is 42.5 Å². The number of carbonyl (C=O) groups excluding carboxylic acids is 3. The molecule has 1 amide bonds. The third-order valence-corrected chi connectivity index (χ3v) is 7.71. The van der Waals surface area contributed by atoms with Crippen LogP contribution in [0.1, 0.15) is 45.5 Å². The van der Waals surface area contributed by atoms with Crippen LogP contribution in [0, 0.1) is 20.8 Å². The molecule has 2 aliphatic rings. The zero-order valence-electron chi connectivity index (χ0n) is 17.4. The molecule has 0 bridgehead atoms. The number of esters is 1. The quantitative estimate of drug-likeness (QED) is 0.539. The third-order valence-electron chi connectivity index (χ3n) is 6.11. The number of fused-ring (bicyclic) bond motifs is 1. The van der Waals surface area contributed by atoms with Crippen LogP contribution in [0.5, 0.6) is 0 Å². The first-order chi connectivity index (χ1) is 14.3. The Bertz CT molecular complexity index is 1020. The number of nitrogens with zero attached hydrogens (tertiary/aromatic N) is 1. The lowest BCUT2D eigenvalue weighted by Crippen LogP contribution is -2.47. The largest absolute Gasteiger partial charge is 0.456 e. The van der Waals surface area contributed by atoms with E-state index in [0.29, 0.717) is 24.2 Å². The summed E-state index contributed by atoms with van der Waals surface area (Å²) in [7, 11) is 0. The highest BCUT2D eigenvalue weighted by atomic mass is 32.2. The Labute approximate surface area is 180 Å². The summed E-state index contributed by atoms with van der Waals surface area (Å²) in [6.45, 7) is 5.52. The van der Waals surface area contributed by atoms with E-state index in [1.165, 1.54) is 0 Å². The van der Waals surface area contributed by atoms with Gasteiger partial charge in [-0.15, -0.1) is 11.8 Å². The number of thioether (sulfide) groups is 1. The lowest BCUT2D eigenvalue weighted by molar-refractivity contribution is -0.152. The molecular formula is C24H25NO4S. The molecule has 2 fully saturated rings. The Morgan fingerprint density at radius 2 is 1.80 bits per heavy atom. The third kappa shape index (κ3) is 3.43. The van der Waals surface area contributed by atoms with Gasteiger partial charge in [-0.3, -0.25) is 9.59 Å². The molecule has 5 nitrogen and oxygen atoms in total. The van der Waals surface area contributed by atoms with Gasteiger partial charge in [-0.1, -0.05) is 36.4 Å². The summed E-state index contributed by atoms with van der Waals surface area (Å²) in [5.41, 5.74) is 4.61. The predicted molar refractivity (Wildman–Crippen MR) is 116 cm³/mol. The molecule has 0 saturated carbocycles. The Hall–Kier alpha value is -2.60. The van der Waals surface area contributed by atoms with E-state index in [4.69, 9.17) is 4.74 Å². The van der Waals surface area contributed by atoms with Crippen LogP contribution in [-0.2, 0) is 19.2 Å². The Morgan fingerprint density at radius 1 is 1.10 bits per heavy atom.